The van der Waals surface area contributed by atoms with E-state index in [0.717, 1.165) is 5.57 Å². The van der Waals surface area contributed by atoms with Crippen molar-refractivity contribution in [2.75, 3.05) is 0 Å². The Labute approximate surface area is 183 Å². The first-order valence-electron chi connectivity index (χ1n) is 10.4. The molecule has 170 valence electrons. The minimum Gasteiger partial charge on any atom is -0.508 e. The van der Waals surface area contributed by atoms with E-state index in [-0.39, 0.29) is 29.6 Å². The Balaban J connectivity index is 2.43. The average Bonchev–Trinajstić information content (AvgIpc) is 2.71. The topological polar surface area (TPSA) is 105 Å². The molecule has 1 heterocycles. The number of fused-ring (bicyclic) bond motifs is 1. The summed E-state index contributed by atoms with van der Waals surface area (Å²) in [5.74, 6) is -0.557. The zero-order chi connectivity index (χ0) is 23.3. The van der Waals surface area contributed by atoms with E-state index in [4.69, 9.17) is 14.2 Å². The van der Waals surface area contributed by atoms with Crippen molar-refractivity contribution in [3.05, 3.63) is 53.3 Å². The van der Waals surface area contributed by atoms with E-state index in [9.17, 15) is 20.1 Å². The molecule has 7 heteroatoms. The number of carbonyl (C=O) groups is 1. The standard InChI is InChI=1S/C24H32O7/c1-7-14(5)19(26)9-16(8-2)23-22(29-15(6)30-24(28)13(3)4)12-18-20(27)10-17(25)11-21(18)31-23/h8-11,13,15,22-23,25-27H,2,7,12H2,1,3-6H3/b16-9+,19-14-/t15?,22-,23-/m1/s1. The Morgan fingerprint density at radius 3 is 2.58 bits per heavy atom. The minimum atomic E-state index is -0.862. The van der Waals surface area contributed by atoms with E-state index < -0.39 is 24.5 Å². The van der Waals surface area contributed by atoms with Crippen LogP contribution in [0, 0.1) is 5.92 Å². The van der Waals surface area contributed by atoms with Crippen LogP contribution in [-0.4, -0.2) is 39.8 Å². The molecule has 0 saturated heterocycles. The van der Waals surface area contributed by atoms with Gasteiger partial charge in [-0.25, -0.2) is 0 Å². The Hall–Kier alpha value is -2.93. The molecule has 3 atom stereocenters. The van der Waals surface area contributed by atoms with Crippen molar-refractivity contribution in [2.45, 2.75) is 66.0 Å². The van der Waals surface area contributed by atoms with Gasteiger partial charge in [0.2, 0.25) is 6.29 Å². The zero-order valence-corrected chi connectivity index (χ0v) is 18.7. The van der Waals surface area contributed by atoms with Gasteiger partial charge in [-0.05, 0) is 37.5 Å². The monoisotopic (exact) mass is 432 g/mol. The highest BCUT2D eigenvalue weighted by Crippen LogP contribution is 2.40. The van der Waals surface area contributed by atoms with Gasteiger partial charge in [-0.3, -0.25) is 4.79 Å². The van der Waals surface area contributed by atoms with Gasteiger partial charge in [-0.2, -0.15) is 0 Å². The number of phenolic OH excluding ortho intramolecular Hbond substituents is 2. The number of aliphatic hydroxyl groups excluding tert-OH is 1. The van der Waals surface area contributed by atoms with E-state index in [1.54, 1.807) is 32.9 Å². The van der Waals surface area contributed by atoms with Gasteiger partial charge < -0.3 is 29.5 Å². The summed E-state index contributed by atoms with van der Waals surface area (Å²) in [6.45, 7) is 12.6. The maximum absolute atomic E-state index is 11.9. The van der Waals surface area contributed by atoms with Crippen molar-refractivity contribution >= 4 is 5.97 Å². The third-order valence-corrected chi connectivity index (χ3v) is 5.12. The quantitative estimate of drug-likeness (QED) is 0.237. The number of carbonyl (C=O) groups excluding carboxylic acids is 1. The van der Waals surface area contributed by atoms with E-state index in [2.05, 4.69) is 6.58 Å². The van der Waals surface area contributed by atoms with Crippen molar-refractivity contribution in [1.29, 1.82) is 0 Å². The number of benzene rings is 1. The van der Waals surface area contributed by atoms with Crippen LogP contribution in [0.25, 0.3) is 0 Å². The lowest BCUT2D eigenvalue weighted by molar-refractivity contribution is -0.195. The van der Waals surface area contributed by atoms with Crippen molar-refractivity contribution < 1.29 is 34.3 Å². The number of hydrogen-bond acceptors (Lipinski definition) is 7. The fourth-order valence-corrected chi connectivity index (χ4v) is 3.14. The third-order valence-electron chi connectivity index (χ3n) is 5.12. The van der Waals surface area contributed by atoms with Crippen LogP contribution in [0.4, 0.5) is 0 Å². The fraction of sp³-hybridized carbons (Fsp3) is 0.458. The van der Waals surface area contributed by atoms with Crippen molar-refractivity contribution in [3.8, 4) is 17.2 Å². The van der Waals surface area contributed by atoms with Gasteiger partial charge in [0.1, 0.15) is 29.1 Å². The Bertz CT molecular complexity index is 882. The lowest BCUT2D eigenvalue weighted by Gasteiger charge is -2.36. The molecule has 0 aliphatic carbocycles. The summed E-state index contributed by atoms with van der Waals surface area (Å²) in [6, 6.07) is 2.64. The molecule has 31 heavy (non-hydrogen) atoms. The van der Waals surface area contributed by atoms with Gasteiger partial charge in [0.15, 0.2) is 6.10 Å². The first-order chi connectivity index (χ1) is 14.6. The Morgan fingerprint density at radius 1 is 1.32 bits per heavy atom. The van der Waals surface area contributed by atoms with Gasteiger partial charge in [-0.15, -0.1) is 0 Å². The van der Waals surface area contributed by atoms with Crippen LogP contribution in [0.5, 0.6) is 17.2 Å². The van der Waals surface area contributed by atoms with Crippen LogP contribution >= 0.6 is 0 Å². The molecule has 0 bridgehead atoms. The highest BCUT2D eigenvalue weighted by Gasteiger charge is 2.36. The number of aromatic hydroxyl groups is 2. The van der Waals surface area contributed by atoms with E-state index in [1.165, 1.54) is 12.1 Å². The number of aliphatic hydroxyl groups is 1. The van der Waals surface area contributed by atoms with E-state index in [0.29, 0.717) is 23.3 Å². The van der Waals surface area contributed by atoms with Gasteiger partial charge in [0.05, 0.1) is 5.92 Å². The molecular weight excluding hydrogens is 400 g/mol. The molecule has 7 nitrogen and oxygen atoms in total. The van der Waals surface area contributed by atoms with Crippen LogP contribution in [-0.2, 0) is 20.7 Å². The molecule has 1 aliphatic rings. The summed E-state index contributed by atoms with van der Waals surface area (Å²) in [6.07, 6.45) is 1.78. The van der Waals surface area contributed by atoms with Crippen LogP contribution in [0.15, 0.2) is 47.8 Å². The predicted octanol–water partition coefficient (Wildman–Crippen LogP) is 4.69. The smallest absolute Gasteiger partial charge is 0.310 e. The maximum atomic E-state index is 11.9. The molecule has 1 aromatic carbocycles. The fourth-order valence-electron chi connectivity index (χ4n) is 3.14. The zero-order valence-electron chi connectivity index (χ0n) is 18.7. The summed E-state index contributed by atoms with van der Waals surface area (Å²) in [7, 11) is 0. The highest BCUT2D eigenvalue weighted by molar-refractivity contribution is 5.71. The van der Waals surface area contributed by atoms with Crippen LogP contribution in [0.2, 0.25) is 0 Å². The molecule has 0 saturated carbocycles. The Morgan fingerprint density at radius 2 is 2.00 bits per heavy atom. The molecule has 1 aromatic rings. The largest absolute Gasteiger partial charge is 0.508 e. The third kappa shape index (κ3) is 6.04. The van der Waals surface area contributed by atoms with Crippen molar-refractivity contribution in [1.82, 2.24) is 0 Å². The second kappa shape index (κ2) is 10.4. The molecule has 3 N–H and O–H groups in total. The molecule has 0 radical (unpaired) electrons. The van der Waals surface area contributed by atoms with Crippen LogP contribution in [0.3, 0.4) is 0 Å². The molecule has 0 aromatic heterocycles. The van der Waals surface area contributed by atoms with Crippen molar-refractivity contribution in [3.63, 3.8) is 0 Å². The lowest BCUT2D eigenvalue weighted by atomic mass is 9.93. The number of phenols is 2. The van der Waals surface area contributed by atoms with Gasteiger partial charge in [0.25, 0.3) is 0 Å². The normalized spacial score (nSPS) is 20.4. The first kappa shape index (κ1) is 24.3. The average molecular weight is 433 g/mol. The van der Waals surface area contributed by atoms with Gasteiger partial charge >= 0.3 is 5.97 Å². The van der Waals surface area contributed by atoms with Gasteiger partial charge in [0, 0.05) is 24.1 Å². The summed E-state index contributed by atoms with van der Waals surface area (Å²) < 4.78 is 17.4. The van der Waals surface area contributed by atoms with Crippen molar-refractivity contribution in [2.24, 2.45) is 5.92 Å². The second-order valence-electron chi connectivity index (χ2n) is 7.89. The molecule has 2 rings (SSSR count). The summed E-state index contributed by atoms with van der Waals surface area (Å²) in [4.78, 5) is 11.9. The minimum absolute atomic E-state index is 0.101. The molecule has 0 amide bonds. The second-order valence-corrected chi connectivity index (χ2v) is 7.89. The summed E-state index contributed by atoms with van der Waals surface area (Å²) >= 11 is 0. The Kier molecular flexibility index (Phi) is 8.16. The number of esters is 1. The van der Waals surface area contributed by atoms with Crippen LogP contribution in [0.1, 0.15) is 46.6 Å². The lowest BCUT2D eigenvalue weighted by Crippen LogP contribution is -2.43. The molecular formula is C24H32O7. The number of hydrogen-bond donors (Lipinski definition) is 3. The molecule has 0 fully saturated rings. The predicted molar refractivity (Wildman–Crippen MR) is 117 cm³/mol. The number of ether oxygens (including phenoxy) is 3. The molecule has 0 spiro atoms. The molecule has 1 aliphatic heterocycles. The molecule has 1 unspecified atom stereocenters. The summed E-state index contributed by atoms with van der Waals surface area (Å²) in [5, 5.41) is 30.5. The highest BCUT2D eigenvalue weighted by atomic mass is 16.7. The first-order valence-corrected chi connectivity index (χ1v) is 10.4. The van der Waals surface area contributed by atoms with Gasteiger partial charge in [-0.1, -0.05) is 33.4 Å². The number of rotatable bonds is 8. The maximum Gasteiger partial charge on any atom is 0.310 e. The van der Waals surface area contributed by atoms with Crippen LogP contribution < -0.4 is 4.74 Å². The van der Waals surface area contributed by atoms with E-state index >= 15 is 0 Å². The number of allylic oxidation sites excluding steroid dienone is 2. The summed E-state index contributed by atoms with van der Waals surface area (Å²) in [5.41, 5.74) is 1.81. The van der Waals surface area contributed by atoms with E-state index in [1.807, 2.05) is 13.8 Å². The SMILES string of the molecule is C=C/C(=C\C(O)=C(/C)CC)[C@H]1Oc2cc(O)cc(O)c2C[C@H]1OC(C)OC(=O)C(C)C.